The quantitative estimate of drug-likeness (QED) is 0.919. The van der Waals surface area contributed by atoms with Gasteiger partial charge < -0.3 is 14.6 Å². The summed E-state index contributed by atoms with van der Waals surface area (Å²) in [5, 5.41) is 2.63. The maximum absolute atomic E-state index is 12.1. The Kier molecular flexibility index (Phi) is 3.25. The lowest BCUT2D eigenvalue weighted by atomic mass is 10.0. The first-order valence-electron chi connectivity index (χ1n) is 6.40. The monoisotopic (exact) mass is 270 g/mol. The molecule has 0 bridgehead atoms. The number of nitrogens with one attached hydrogen (secondary N) is 1. The molecule has 20 heavy (non-hydrogen) atoms. The van der Waals surface area contributed by atoms with Crippen LogP contribution in [0.25, 0.3) is 0 Å². The lowest BCUT2D eigenvalue weighted by Gasteiger charge is -2.34. The molecule has 0 spiro atoms. The highest BCUT2D eigenvalue weighted by Crippen LogP contribution is 2.25. The van der Waals surface area contributed by atoms with E-state index < -0.39 is 6.04 Å². The fourth-order valence-electron chi connectivity index (χ4n) is 2.36. The molecule has 5 nitrogen and oxygen atoms in total. The number of nitrogens with zero attached hydrogens (tertiary/aromatic N) is 1. The van der Waals surface area contributed by atoms with Crippen LogP contribution in [0, 0.1) is 0 Å². The Morgan fingerprint density at radius 1 is 1.15 bits per heavy atom. The molecule has 1 aliphatic heterocycles. The van der Waals surface area contributed by atoms with Gasteiger partial charge in [-0.25, -0.2) is 0 Å². The molecule has 5 heteroatoms. The second-order valence-corrected chi connectivity index (χ2v) is 4.63. The highest BCUT2D eigenvalue weighted by Gasteiger charge is 2.35. The minimum Gasteiger partial charge on any atom is -0.467 e. The third-order valence-corrected chi connectivity index (χ3v) is 3.32. The first kappa shape index (κ1) is 12.5. The molecule has 1 saturated heterocycles. The molecule has 1 N–H and O–H groups in total. The van der Waals surface area contributed by atoms with Gasteiger partial charge in [0.15, 0.2) is 0 Å². The maximum atomic E-state index is 12.1. The van der Waals surface area contributed by atoms with E-state index in [4.69, 9.17) is 4.42 Å². The van der Waals surface area contributed by atoms with E-state index >= 15 is 0 Å². The van der Waals surface area contributed by atoms with Gasteiger partial charge in [0.05, 0.1) is 19.4 Å². The SMILES string of the molecule is O=C1NCC(=O)N(Cc2ccco2)C1c1ccccc1. The van der Waals surface area contributed by atoms with Crippen molar-refractivity contribution in [1.82, 2.24) is 10.2 Å². The molecule has 1 aromatic heterocycles. The van der Waals surface area contributed by atoms with Crippen molar-refractivity contribution in [2.75, 3.05) is 6.54 Å². The molecule has 0 radical (unpaired) electrons. The molecule has 2 amide bonds. The van der Waals surface area contributed by atoms with E-state index in [-0.39, 0.29) is 18.4 Å². The number of hydrogen-bond donors (Lipinski definition) is 1. The molecule has 2 aromatic rings. The fourth-order valence-corrected chi connectivity index (χ4v) is 2.36. The van der Waals surface area contributed by atoms with E-state index in [2.05, 4.69) is 5.32 Å². The summed E-state index contributed by atoms with van der Waals surface area (Å²) in [6, 6.07) is 12.2. The van der Waals surface area contributed by atoms with E-state index in [1.54, 1.807) is 23.3 Å². The van der Waals surface area contributed by atoms with Crippen molar-refractivity contribution < 1.29 is 14.0 Å². The van der Waals surface area contributed by atoms with Crippen molar-refractivity contribution in [1.29, 1.82) is 0 Å². The molecule has 1 aromatic carbocycles. The van der Waals surface area contributed by atoms with E-state index in [9.17, 15) is 9.59 Å². The van der Waals surface area contributed by atoms with Gasteiger partial charge in [0.2, 0.25) is 11.8 Å². The van der Waals surface area contributed by atoms with Crippen molar-refractivity contribution in [2.24, 2.45) is 0 Å². The zero-order chi connectivity index (χ0) is 13.9. The average Bonchev–Trinajstić information content (AvgIpc) is 2.97. The number of carbonyl (C=O) groups excluding carboxylic acids is 2. The minimum absolute atomic E-state index is 0.0306. The number of benzene rings is 1. The number of furan rings is 1. The number of hydrogen-bond acceptors (Lipinski definition) is 3. The van der Waals surface area contributed by atoms with Crippen molar-refractivity contribution in [3.05, 3.63) is 60.1 Å². The highest BCUT2D eigenvalue weighted by molar-refractivity contribution is 5.95. The zero-order valence-corrected chi connectivity index (χ0v) is 10.8. The van der Waals surface area contributed by atoms with Gasteiger partial charge in [-0.15, -0.1) is 0 Å². The summed E-state index contributed by atoms with van der Waals surface area (Å²) >= 11 is 0. The lowest BCUT2D eigenvalue weighted by Crippen LogP contribution is -2.53. The normalized spacial score (nSPS) is 19.0. The molecular formula is C15H14N2O3. The summed E-state index contributed by atoms with van der Waals surface area (Å²) in [4.78, 5) is 25.8. The average molecular weight is 270 g/mol. The van der Waals surface area contributed by atoms with Crippen molar-refractivity contribution >= 4 is 11.8 Å². The van der Waals surface area contributed by atoms with Crippen LogP contribution in [0.5, 0.6) is 0 Å². The van der Waals surface area contributed by atoms with Crippen LogP contribution in [0.3, 0.4) is 0 Å². The molecule has 0 saturated carbocycles. The van der Waals surface area contributed by atoms with Crippen LogP contribution in [-0.2, 0) is 16.1 Å². The Bertz CT molecular complexity index is 607. The van der Waals surface area contributed by atoms with Gasteiger partial charge in [-0.3, -0.25) is 9.59 Å². The van der Waals surface area contributed by atoms with Gasteiger partial charge in [0.1, 0.15) is 11.8 Å². The number of amides is 2. The van der Waals surface area contributed by atoms with Gasteiger partial charge >= 0.3 is 0 Å². The zero-order valence-electron chi connectivity index (χ0n) is 10.8. The Morgan fingerprint density at radius 2 is 1.95 bits per heavy atom. The Morgan fingerprint density at radius 3 is 2.65 bits per heavy atom. The highest BCUT2D eigenvalue weighted by atomic mass is 16.3. The molecule has 1 fully saturated rings. The first-order valence-corrected chi connectivity index (χ1v) is 6.40. The number of rotatable bonds is 3. The van der Waals surface area contributed by atoms with Crippen molar-refractivity contribution in [3.8, 4) is 0 Å². The first-order chi connectivity index (χ1) is 9.75. The van der Waals surface area contributed by atoms with E-state index in [0.717, 1.165) is 5.56 Å². The second kappa shape index (κ2) is 5.21. The Balaban J connectivity index is 1.93. The van der Waals surface area contributed by atoms with Crippen molar-refractivity contribution in [2.45, 2.75) is 12.6 Å². The number of carbonyl (C=O) groups is 2. The van der Waals surface area contributed by atoms with Crippen LogP contribution in [0.15, 0.2) is 53.1 Å². The topological polar surface area (TPSA) is 62.6 Å². The summed E-state index contributed by atoms with van der Waals surface area (Å²) in [5.41, 5.74) is 0.796. The molecular weight excluding hydrogens is 256 g/mol. The molecule has 1 aliphatic rings. The lowest BCUT2D eigenvalue weighted by molar-refractivity contribution is -0.146. The summed E-state index contributed by atoms with van der Waals surface area (Å²) < 4.78 is 5.28. The van der Waals surface area contributed by atoms with Gasteiger partial charge in [-0.2, -0.15) is 0 Å². The maximum Gasteiger partial charge on any atom is 0.247 e. The second-order valence-electron chi connectivity index (χ2n) is 4.63. The molecule has 3 rings (SSSR count). The predicted octanol–water partition coefficient (Wildman–Crippen LogP) is 1.48. The van der Waals surface area contributed by atoms with Gasteiger partial charge in [0.25, 0.3) is 0 Å². The number of piperazine rings is 1. The fraction of sp³-hybridized carbons (Fsp3) is 0.200. The molecule has 2 heterocycles. The smallest absolute Gasteiger partial charge is 0.247 e. The third-order valence-electron chi connectivity index (χ3n) is 3.32. The Hall–Kier alpha value is -2.56. The van der Waals surface area contributed by atoms with E-state index in [1.165, 1.54) is 0 Å². The van der Waals surface area contributed by atoms with Crippen LogP contribution in [-0.4, -0.2) is 23.3 Å². The van der Waals surface area contributed by atoms with Crippen LogP contribution in [0.2, 0.25) is 0 Å². The molecule has 1 unspecified atom stereocenters. The van der Waals surface area contributed by atoms with Gasteiger partial charge in [-0.1, -0.05) is 30.3 Å². The van der Waals surface area contributed by atoms with Crippen LogP contribution >= 0.6 is 0 Å². The summed E-state index contributed by atoms with van der Waals surface area (Å²) in [6.07, 6.45) is 1.56. The summed E-state index contributed by atoms with van der Waals surface area (Å²) in [7, 11) is 0. The molecule has 102 valence electrons. The third kappa shape index (κ3) is 2.30. The minimum atomic E-state index is -0.609. The van der Waals surface area contributed by atoms with E-state index in [1.807, 2.05) is 30.3 Å². The summed E-state index contributed by atoms with van der Waals surface area (Å²) in [5.74, 6) is 0.381. The van der Waals surface area contributed by atoms with Gasteiger partial charge in [0, 0.05) is 0 Å². The molecule has 0 aliphatic carbocycles. The van der Waals surface area contributed by atoms with Crippen LogP contribution in [0.4, 0.5) is 0 Å². The van der Waals surface area contributed by atoms with E-state index in [0.29, 0.717) is 12.3 Å². The summed E-state index contributed by atoms with van der Waals surface area (Å²) in [6.45, 7) is 0.321. The van der Waals surface area contributed by atoms with Crippen LogP contribution < -0.4 is 5.32 Å². The molecule has 1 atom stereocenters. The van der Waals surface area contributed by atoms with Crippen LogP contribution in [0.1, 0.15) is 17.4 Å². The van der Waals surface area contributed by atoms with Gasteiger partial charge in [-0.05, 0) is 17.7 Å². The largest absolute Gasteiger partial charge is 0.467 e. The van der Waals surface area contributed by atoms with Crippen molar-refractivity contribution in [3.63, 3.8) is 0 Å². The standard InChI is InChI=1S/C15H14N2O3/c18-13-9-16-15(19)14(11-5-2-1-3-6-11)17(13)10-12-7-4-8-20-12/h1-8,14H,9-10H2,(H,16,19). The predicted molar refractivity (Wildman–Crippen MR) is 71.5 cm³/mol. The Labute approximate surface area is 116 Å².